The van der Waals surface area contributed by atoms with Gasteiger partial charge in [0.15, 0.2) is 0 Å². The van der Waals surface area contributed by atoms with Crippen LogP contribution in [0.15, 0.2) is 0 Å². The van der Waals surface area contributed by atoms with Crippen molar-refractivity contribution in [1.29, 1.82) is 0 Å². The Morgan fingerprint density at radius 2 is 1.28 bits per heavy atom. The summed E-state index contributed by atoms with van der Waals surface area (Å²) < 4.78 is 60.4. The molecule has 18 heavy (non-hydrogen) atoms. The molecule has 0 aliphatic rings. The lowest BCUT2D eigenvalue weighted by Gasteiger charge is -2.41. The van der Waals surface area contributed by atoms with Gasteiger partial charge in [0.2, 0.25) is 0 Å². The molecule has 1 unspecified atom stereocenters. The molecule has 0 aliphatic heterocycles. The molecule has 0 radical (unpaired) electrons. The molecule has 0 aromatic carbocycles. The number of aliphatic hydroxyl groups excluding tert-OH is 1. The molecule has 0 bridgehead atoms. The first-order valence-electron chi connectivity index (χ1n) is 5.91. The van der Waals surface area contributed by atoms with Crippen molar-refractivity contribution < 1.29 is 24.5 Å². The maximum absolute atomic E-state index is 12.1. The van der Waals surface area contributed by atoms with Crippen molar-refractivity contribution in [2.45, 2.75) is 50.3 Å². The van der Waals surface area contributed by atoms with E-state index in [-0.39, 0.29) is 13.0 Å². The zero-order valence-corrected chi connectivity index (χ0v) is 11.6. The summed E-state index contributed by atoms with van der Waals surface area (Å²) in [6.45, 7) is 0.133. The van der Waals surface area contributed by atoms with E-state index in [9.17, 15) is 19.4 Å². The molecule has 0 saturated carbocycles. The van der Waals surface area contributed by atoms with Gasteiger partial charge in [-0.1, -0.05) is 51.5 Å². The zero-order chi connectivity index (χ0) is 14.3. The van der Waals surface area contributed by atoms with Crippen molar-refractivity contribution in [3.05, 3.63) is 0 Å². The van der Waals surface area contributed by atoms with E-state index in [1.807, 2.05) is 0 Å². The van der Waals surface area contributed by atoms with Crippen molar-refractivity contribution >= 4 is 21.8 Å². The maximum Gasteiger partial charge on any atom is 0.287 e. The number of rotatable bonds is 10. The van der Waals surface area contributed by atoms with Crippen molar-refractivity contribution in [2.75, 3.05) is 12.4 Å². The largest absolute Gasteiger partial charge is 0.396 e. The number of aliphatic hydroxyl groups is 1. The zero-order valence-electron chi connectivity index (χ0n) is 10.1. The van der Waals surface area contributed by atoms with Gasteiger partial charge < -0.3 is 5.11 Å². The quantitative estimate of drug-likeness (QED) is 0.315. The summed E-state index contributed by atoms with van der Waals surface area (Å²) in [5.74, 6) is -2.17. The summed E-state index contributed by atoms with van der Waals surface area (Å²) in [4.78, 5) is 0. The van der Waals surface area contributed by atoms with Gasteiger partial charge in [0.1, 0.15) is 5.75 Å². The number of hydrogen-bond donors (Lipinski definition) is 1. The van der Waals surface area contributed by atoms with E-state index in [1.54, 1.807) is 0 Å². The van der Waals surface area contributed by atoms with Gasteiger partial charge in [0.05, 0.1) is 5.38 Å². The summed E-state index contributed by atoms with van der Waals surface area (Å²) in [6, 6.07) is 0. The summed E-state index contributed by atoms with van der Waals surface area (Å²) in [6.07, 6.45) is 4.33. The fourth-order valence-electron chi connectivity index (χ4n) is 1.61. The molecule has 1 atom stereocenters. The molecule has 0 heterocycles. The van der Waals surface area contributed by atoms with Gasteiger partial charge in [-0.2, -0.15) is 0 Å². The molecule has 8 heteroatoms. The van der Waals surface area contributed by atoms with E-state index in [0.29, 0.717) is 19.3 Å². The third kappa shape index (κ3) is 14.3. The maximum atomic E-state index is 12.1. The van der Waals surface area contributed by atoms with Crippen molar-refractivity contribution in [2.24, 2.45) is 0 Å². The van der Waals surface area contributed by atoms with Crippen LogP contribution in [-0.2, 0) is 0 Å². The first kappa shape index (κ1) is 18.2. The third-order valence-corrected chi connectivity index (χ3v) is 4.01. The lowest BCUT2D eigenvalue weighted by Crippen LogP contribution is -2.19. The van der Waals surface area contributed by atoms with Crippen LogP contribution in [0.25, 0.3) is 0 Å². The molecular weight excluding hydrogens is 299 g/mol. The average Bonchev–Trinajstić information content (AvgIpc) is 2.11. The topological polar surface area (TPSA) is 20.2 Å². The minimum Gasteiger partial charge on any atom is -0.396 e. The lowest BCUT2D eigenvalue weighted by molar-refractivity contribution is 0.282. The van der Waals surface area contributed by atoms with Crippen LogP contribution in [0.4, 0.5) is 19.4 Å². The summed E-state index contributed by atoms with van der Waals surface area (Å²) in [5, 5.41) is 6.96. The predicted octanol–water partition coefficient (Wildman–Crippen LogP) is 5.62. The summed E-state index contributed by atoms with van der Waals surface area (Å²) in [7, 11) is -9.36. The predicted molar refractivity (Wildman–Crippen MR) is 67.0 cm³/mol. The first-order chi connectivity index (χ1) is 7.93. The van der Waals surface area contributed by atoms with Gasteiger partial charge in [0.25, 0.3) is 10.2 Å². The molecule has 0 fully saturated rings. The first-order valence-corrected chi connectivity index (χ1v) is 8.47. The van der Waals surface area contributed by atoms with E-state index in [1.165, 1.54) is 0 Å². The summed E-state index contributed by atoms with van der Waals surface area (Å²) in [5.41, 5.74) is 0. The molecule has 0 saturated heterocycles. The van der Waals surface area contributed by atoms with E-state index < -0.39 is 21.4 Å². The van der Waals surface area contributed by atoms with Crippen LogP contribution in [-0.4, -0.2) is 22.8 Å². The smallest absolute Gasteiger partial charge is 0.287 e. The normalized spacial score (nSPS) is 18.2. The van der Waals surface area contributed by atoms with Gasteiger partial charge >= 0.3 is 0 Å². The minimum absolute atomic E-state index is 0.0485. The summed E-state index contributed by atoms with van der Waals surface area (Å²) >= 11 is 5.30. The Kier molecular flexibility index (Phi) is 6.22. The van der Waals surface area contributed by atoms with Gasteiger partial charge in [-0.3, -0.25) is 0 Å². The van der Waals surface area contributed by atoms with Gasteiger partial charge in [-0.15, -0.1) is 11.6 Å². The Morgan fingerprint density at radius 1 is 0.833 bits per heavy atom. The minimum atomic E-state index is -9.36. The molecule has 1 nitrogen and oxygen atoms in total. The Balaban J connectivity index is 3.65. The van der Waals surface area contributed by atoms with Gasteiger partial charge in [-0.25, -0.2) is 0 Å². The van der Waals surface area contributed by atoms with Crippen LogP contribution in [0, 0.1) is 0 Å². The number of halogens is 6. The standard InChI is InChI=1S/C10H20ClF5OS/c11-10(9-18(12,13,14,15)16)7-5-3-1-2-4-6-8-17/h10,17H,1-9H2. The van der Waals surface area contributed by atoms with Crippen LogP contribution in [0.2, 0.25) is 0 Å². The Hall–Kier alpha value is 0.250. The second-order valence-electron chi connectivity index (χ2n) is 4.53. The molecule has 1 N–H and O–H groups in total. The van der Waals surface area contributed by atoms with E-state index in [4.69, 9.17) is 16.7 Å². The highest BCUT2D eigenvalue weighted by molar-refractivity contribution is 8.45. The molecule has 0 amide bonds. The van der Waals surface area contributed by atoms with Crippen LogP contribution in [0.1, 0.15) is 44.9 Å². The van der Waals surface area contributed by atoms with Crippen LogP contribution in [0.3, 0.4) is 0 Å². The van der Waals surface area contributed by atoms with E-state index in [2.05, 4.69) is 0 Å². The SMILES string of the molecule is OCCCCCCCCC(Cl)CS(F)(F)(F)(F)F. The van der Waals surface area contributed by atoms with Gasteiger partial charge in [0, 0.05) is 6.61 Å². The molecule has 0 aromatic rings. The Bertz CT molecular complexity index is 242. The van der Waals surface area contributed by atoms with Crippen molar-refractivity contribution in [3.63, 3.8) is 0 Å². The highest BCUT2D eigenvalue weighted by Gasteiger charge is 2.63. The molecule has 0 aliphatic carbocycles. The molecule has 114 valence electrons. The monoisotopic (exact) mass is 318 g/mol. The second-order valence-corrected chi connectivity index (χ2v) is 7.73. The average molecular weight is 319 g/mol. The fourth-order valence-corrected chi connectivity index (χ4v) is 3.33. The lowest BCUT2D eigenvalue weighted by atomic mass is 10.1. The molecule has 0 rings (SSSR count). The number of unbranched alkanes of at least 4 members (excludes halogenated alkanes) is 5. The van der Waals surface area contributed by atoms with Crippen LogP contribution in [0.5, 0.6) is 0 Å². The molecule has 0 spiro atoms. The van der Waals surface area contributed by atoms with E-state index in [0.717, 1.165) is 19.3 Å². The second kappa shape index (κ2) is 6.13. The molecule has 0 aromatic heterocycles. The van der Waals surface area contributed by atoms with Crippen molar-refractivity contribution in [3.8, 4) is 0 Å². The molecular formula is C10H20ClF5OS. The third-order valence-electron chi connectivity index (χ3n) is 2.42. The Labute approximate surface area is 109 Å². The van der Waals surface area contributed by atoms with E-state index >= 15 is 0 Å². The van der Waals surface area contributed by atoms with Crippen LogP contribution < -0.4 is 0 Å². The highest BCUT2D eigenvalue weighted by Crippen LogP contribution is 2.98. The highest BCUT2D eigenvalue weighted by atomic mass is 35.5. The number of hydrogen-bond acceptors (Lipinski definition) is 1. The van der Waals surface area contributed by atoms with Gasteiger partial charge in [-0.05, 0) is 12.8 Å². The fraction of sp³-hybridized carbons (Fsp3) is 1.00. The van der Waals surface area contributed by atoms with Crippen molar-refractivity contribution in [1.82, 2.24) is 0 Å². The van der Waals surface area contributed by atoms with Crippen LogP contribution >= 0.6 is 21.8 Å². The number of alkyl halides is 1. The Morgan fingerprint density at radius 3 is 1.72 bits per heavy atom.